The minimum atomic E-state index is -0.635. The molecule has 152 valence electrons. The number of likely N-dealkylation sites (tertiary alicyclic amines) is 1. The summed E-state index contributed by atoms with van der Waals surface area (Å²) in [6.45, 7) is 0.417. The Hall–Kier alpha value is -3.16. The number of nitrogens with zero attached hydrogens (tertiary/aromatic N) is 1. The molecule has 2 amide bonds. The molecule has 1 aromatic rings. The lowest BCUT2D eigenvalue weighted by molar-refractivity contribution is -0.145. The molecule has 0 bridgehead atoms. The van der Waals surface area contributed by atoms with E-state index in [-0.39, 0.29) is 42.4 Å². The van der Waals surface area contributed by atoms with E-state index in [9.17, 15) is 19.2 Å². The number of benzene rings is 1. The van der Waals surface area contributed by atoms with E-state index in [0.29, 0.717) is 43.1 Å². The number of imide groups is 1. The summed E-state index contributed by atoms with van der Waals surface area (Å²) < 4.78 is 15.9. The molecule has 2 heterocycles. The molecular formula is C21H21NO7. The highest BCUT2D eigenvalue weighted by atomic mass is 16.6. The Labute approximate surface area is 167 Å². The Kier molecular flexibility index (Phi) is 5.33. The summed E-state index contributed by atoms with van der Waals surface area (Å²) >= 11 is 0. The number of carbonyl (C=O) groups excluding carboxylic acids is 4. The zero-order valence-corrected chi connectivity index (χ0v) is 15.8. The summed E-state index contributed by atoms with van der Waals surface area (Å²) in [5, 5.41) is 0. The molecule has 0 N–H and O–H groups in total. The van der Waals surface area contributed by atoms with Crippen LogP contribution in [0.5, 0.6) is 11.5 Å². The van der Waals surface area contributed by atoms with Gasteiger partial charge in [0, 0.05) is 12.1 Å². The Balaban J connectivity index is 1.27. The number of fused-ring (bicyclic) bond motifs is 2. The van der Waals surface area contributed by atoms with Gasteiger partial charge in [0.1, 0.15) is 13.2 Å². The number of allylic oxidation sites excluding steroid dienone is 2. The second kappa shape index (κ2) is 8.06. The molecule has 0 radical (unpaired) electrons. The first-order valence-electron chi connectivity index (χ1n) is 9.63. The Bertz CT molecular complexity index is 865. The molecular weight excluding hydrogens is 378 g/mol. The highest BCUT2D eigenvalue weighted by Gasteiger charge is 2.46. The highest BCUT2D eigenvalue weighted by Crippen LogP contribution is 2.35. The molecule has 1 aliphatic carbocycles. The van der Waals surface area contributed by atoms with Crippen LogP contribution >= 0.6 is 0 Å². The lowest BCUT2D eigenvalue weighted by atomic mass is 9.85. The predicted octanol–water partition coefficient (Wildman–Crippen LogP) is 1.52. The van der Waals surface area contributed by atoms with Crippen molar-refractivity contribution in [2.24, 2.45) is 11.8 Å². The van der Waals surface area contributed by atoms with Crippen molar-refractivity contribution in [1.29, 1.82) is 0 Å². The van der Waals surface area contributed by atoms with Gasteiger partial charge in [-0.2, -0.15) is 0 Å². The van der Waals surface area contributed by atoms with E-state index in [1.807, 2.05) is 12.2 Å². The fourth-order valence-electron chi connectivity index (χ4n) is 3.81. The molecule has 8 heteroatoms. The van der Waals surface area contributed by atoms with Crippen molar-refractivity contribution in [1.82, 2.24) is 4.90 Å². The summed E-state index contributed by atoms with van der Waals surface area (Å²) in [5.41, 5.74) is 0.350. The van der Waals surface area contributed by atoms with E-state index in [1.54, 1.807) is 18.2 Å². The Morgan fingerprint density at radius 1 is 1.00 bits per heavy atom. The SMILES string of the molecule is O=C(CCN1C(=O)[C@H]2CC=CC[C@@H]2C1=O)OCC(=O)c1ccc2c(c1)OCCO2. The third-order valence-corrected chi connectivity index (χ3v) is 5.37. The lowest BCUT2D eigenvalue weighted by Gasteiger charge is -2.18. The average molecular weight is 399 g/mol. The molecule has 8 nitrogen and oxygen atoms in total. The average Bonchev–Trinajstić information content (AvgIpc) is 3.00. The van der Waals surface area contributed by atoms with Crippen LogP contribution in [0.3, 0.4) is 0 Å². The minimum absolute atomic E-state index is 0.0261. The first kappa shape index (κ1) is 19.2. The van der Waals surface area contributed by atoms with Gasteiger partial charge < -0.3 is 14.2 Å². The smallest absolute Gasteiger partial charge is 0.308 e. The monoisotopic (exact) mass is 399 g/mol. The number of rotatable bonds is 6. The summed E-state index contributed by atoms with van der Waals surface area (Å²) in [6.07, 6.45) is 4.79. The molecule has 4 rings (SSSR count). The van der Waals surface area contributed by atoms with Crippen LogP contribution in [-0.4, -0.2) is 54.8 Å². The van der Waals surface area contributed by atoms with Crippen molar-refractivity contribution in [3.8, 4) is 11.5 Å². The first-order chi connectivity index (χ1) is 14.0. The molecule has 2 atom stereocenters. The van der Waals surface area contributed by atoms with E-state index in [2.05, 4.69) is 0 Å². The van der Waals surface area contributed by atoms with Crippen LogP contribution in [0.25, 0.3) is 0 Å². The molecule has 1 saturated heterocycles. The highest BCUT2D eigenvalue weighted by molar-refractivity contribution is 6.05. The first-order valence-corrected chi connectivity index (χ1v) is 9.63. The van der Waals surface area contributed by atoms with Gasteiger partial charge in [0.2, 0.25) is 11.8 Å². The van der Waals surface area contributed by atoms with Crippen molar-refractivity contribution < 1.29 is 33.4 Å². The van der Waals surface area contributed by atoms with Crippen LogP contribution in [0.4, 0.5) is 0 Å². The fraction of sp³-hybridized carbons (Fsp3) is 0.429. The van der Waals surface area contributed by atoms with Gasteiger partial charge in [-0.1, -0.05) is 12.2 Å². The van der Waals surface area contributed by atoms with Gasteiger partial charge in [0.15, 0.2) is 23.9 Å². The van der Waals surface area contributed by atoms with E-state index < -0.39 is 12.6 Å². The Morgan fingerprint density at radius 3 is 2.34 bits per heavy atom. The van der Waals surface area contributed by atoms with Crippen LogP contribution in [0, 0.1) is 11.8 Å². The van der Waals surface area contributed by atoms with Crippen molar-refractivity contribution in [2.75, 3.05) is 26.4 Å². The second-order valence-corrected chi connectivity index (χ2v) is 7.18. The number of hydrogen-bond donors (Lipinski definition) is 0. The third kappa shape index (κ3) is 3.87. The maximum Gasteiger partial charge on any atom is 0.308 e. The minimum Gasteiger partial charge on any atom is -0.486 e. The fourth-order valence-corrected chi connectivity index (χ4v) is 3.81. The zero-order chi connectivity index (χ0) is 20.4. The van der Waals surface area contributed by atoms with Crippen LogP contribution in [-0.2, 0) is 19.1 Å². The lowest BCUT2D eigenvalue weighted by Crippen LogP contribution is -2.33. The molecule has 1 aromatic carbocycles. The van der Waals surface area contributed by atoms with Gasteiger partial charge in [-0.05, 0) is 31.0 Å². The van der Waals surface area contributed by atoms with Crippen LogP contribution in [0.2, 0.25) is 0 Å². The van der Waals surface area contributed by atoms with Gasteiger partial charge >= 0.3 is 5.97 Å². The molecule has 29 heavy (non-hydrogen) atoms. The topological polar surface area (TPSA) is 99.2 Å². The molecule has 2 aliphatic heterocycles. The maximum atomic E-state index is 12.4. The van der Waals surface area contributed by atoms with E-state index in [0.717, 1.165) is 4.90 Å². The van der Waals surface area contributed by atoms with Gasteiger partial charge in [-0.15, -0.1) is 0 Å². The maximum absolute atomic E-state index is 12.4. The summed E-state index contributed by atoms with van der Waals surface area (Å²) in [5.74, 6) is -1.06. The van der Waals surface area contributed by atoms with Gasteiger partial charge in [0.25, 0.3) is 0 Å². The van der Waals surface area contributed by atoms with E-state index >= 15 is 0 Å². The van der Waals surface area contributed by atoms with E-state index in [1.165, 1.54) is 0 Å². The summed E-state index contributed by atoms with van der Waals surface area (Å²) in [6, 6.07) is 4.78. The molecule has 0 unspecified atom stereocenters. The Morgan fingerprint density at radius 2 is 1.66 bits per heavy atom. The molecule has 1 fully saturated rings. The number of esters is 1. The summed E-state index contributed by atoms with van der Waals surface area (Å²) in [4.78, 5) is 50.2. The van der Waals surface area contributed by atoms with Crippen molar-refractivity contribution in [3.63, 3.8) is 0 Å². The zero-order valence-electron chi connectivity index (χ0n) is 15.8. The van der Waals surface area contributed by atoms with Crippen molar-refractivity contribution in [2.45, 2.75) is 19.3 Å². The largest absolute Gasteiger partial charge is 0.486 e. The van der Waals surface area contributed by atoms with Gasteiger partial charge in [-0.3, -0.25) is 24.1 Å². The molecule has 0 spiro atoms. The number of ether oxygens (including phenoxy) is 3. The number of ketones is 1. The molecule has 3 aliphatic rings. The van der Waals surface area contributed by atoms with Crippen LogP contribution in [0.15, 0.2) is 30.4 Å². The number of amides is 2. The van der Waals surface area contributed by atoms with Crippen molar-refractivity contribution in [3.05, 3.63) is 35.9 Å². The summed E-state index contributed by atoms with van der Waals surface area (Å²) in [7, 11) is 0. The number of carbonyl (C=O) groups is 4. The molecule has 0 aromatic heterocycles. The second-order valence-electron chi connectivity index (χ2n) is 7.18. The van der Waals surface area contributed by atoms with Crippen molar-refractivity contribution >= 4 is 23.6 Å². The standard InChI is InChI=1S/C21H21NO7/c23-16(13-5-6-17-18(11-13)28-10-9-27-17)12-29-19(24)7-8-22-20(25)14-3-1-2-4-15(14)21(22)26/h1-2,5-6,11,14-15H,3-4,7-10,12H2/t14-,15-/m0/s1. The predicted molar refractivity (Wildman–Crippen MR) is 99.4 cm³/mol. The van der Waals surface area contributed by atoms with Gasteiger partial charge in [0.05, 0.1) is 18.3 Å². The third-order valence-electron chi connectivity index (χ3n) is 5.37. The van der Waals surface area contributed by atoms with E-state index in [4.69, 9.17) is 14.2 Å². The molecule has 0 saturated carbocycles. The quantitative estimate of drug-likeness (QED) is 0.310. The number of hydrogen-bond acceptors (Lipinski definition) is 7. The normalized spacial score (nSPS) is 22.4. The number of Topliss-reactive ketones (excluding diaryl/α,β-unsaturated/α-hetero) is 1. The van der Waals surface area contributed by atoms with Crippen LogP contribution in [0.1, 0.15) is 29.6 Å². The van der Waals surface area contributed by atoms with Crippen LogP contribution < -0.4 is 9.47 Å². The van der Waals surface area contributed by atoms with Gasteiger partial charge in [-0.25, -0.2) is 0 Å².